The minimum atomic E-state index is -0.463. The van der Waals surface area contributed by atoms with Gasteiger partial charge in [-0.3, -0.25) is 10.1 Å². The molecule has 0 N–H and O–H groups in total. The Morgan fingerprint density at radius 1 is 1.21 bits per heavy atom. The fourth-order valence-corrected chi connectivity index (χ4v) is 2.02. The third-order valence-electron chi connectivity index (χ3n) is 2.64. The molecule has 94 valence electrons. The highest BCUT2D eigenvalue weighted by molar-refractivity contribution is 9.10. The zero-order valence-electron chi connectivity index (χ0n) is 9.52. The van der Waals surface area contributed by atoms with Gasteiger partial charge < -0.3 is 0 Å². The SMILES string of the molecule is O=[N+]([O-])c1cccn2nc(-c3ccc(Br)cc3)nc12. The lowest BCUT2D eigenvalue weighted by Crippen LogP contribution is -1.93. The predicted molar refractivity (Wildman–Crippen MR) is 72.8 cm³/mol. The smallest absolute Gasteiger partial charge is 0.258 e. The van der Waals surface area contributed by atoms with E-state index < -0.39 is 4.92 Å². The zero-order chi connectivity index (χ0) is 13.4. The molecule has 1 aromatic carbocycles. The van der Waals surface area contributed by atoms with Crippen molar-refractivity contribution >= 4 is 27.3 Å². The van der Waals surface area contributed by atoms with Crippen LogP contribution in [0.4, 0.5) is 5.69 Å². The van der Waals surface area contributed by atoms with E-state index in [2.05, 4.69) is 26.0 Å². The molecular weight excluding hydrogens is 312 g/mol. The van der Waals surface area contributed by atoms with Gasteiger partial charge in [-0.05, 0) is 18.2 Å². The van der Waals surface area contributed by atoms with Crippen LogP contribution in [0.2, 0.25) is 0 Å². The molecule has 0 unspecified atom stereocenters. The highest BCUT2D eigenvalue weighted by Crippen LogP contribution is 2.23. The zero-order valence-corrected chi connectivity index (χ0v) is 11.1. The summed E-state index contributed by atoms with van der Waals surface area (Å²) in [5.41, 5.74) is 0.991. The standard InChI is InChI=1S/C12H7BrN4O2/c13-9-5-3-8(4-6-9)11-14-12-10(17(18)19)2-1-7-16(12)15-11/h1-7H. The summed E-state index contributed by atoms with van der Waals surface area (Å²) >= 11 is 3.35. The minimum Gasteiger partial charge on any atom is -0.258 e. The number of fused-ring (bicyclic) bond motifs is 1. The Balaban J connectivity index is 2.19. The summed E-state index contributed by atoms with van der Waals surface area (Å²) in [5.74, 6) is 0.460. The van der Waals surface area contributed by atoms with Gasteiger partial charge >= 0.3 is 5.69 Å². The first-order valence-corrected chi connectivity index (χ1v) is 6.20. The Hall–Kier alpha value is -2.28. The van der Waals surface area contributed by atoms with E-state index >= 15 is 0 Å². The van der Waals surface area contributed by atoms with Gasteiger partial charge in [0.05, 0.1) is 4.92 Å². The first-order chi connectivity index (χ1) is 9.15. The molecule has 2 aromatic heterocycles. The summed E-state index contributed by atoms with van der Waals surface area (Å²) in [6.07, 6.45) is 1.64. The van der Waals surface area contributed by atoms with Gasteiger partial charge in [-0.25, -0.2) is 9.50 Å². The van der Waals surface area contributed by atoms with E-state index in [1.54, 1.807) is 12.3 Å². The second kappa shape index (κ2) is 4.43. The second-order valence-electron chi connectivity index (χ2n) is 3.86. The summed E-state index contributed by atoms with van der Waals surface area (Å²) in [4.78, 5) is 14.7. The number of halogens is 1. The fraction of sp³-hybridized carbons (Fsp3) is 0. The molecule has 0 saturated carbocycles. The van der Waals surface area contributed by atoms with Crippen molar-refractivity contribution in [1.29, 1.82) is 0 Å². The first kappa shape index (κ1) is 11.8. The van der Waals surface area contributed by atoms with Crippen molar-refractivity contribution in [3.05, 3.63) is 57.2 Å². The molecule has 0 amide bonds. The van der Waals surface area contributed by atoms with Crippen LogP contribution in [0.1, 0.15) is 0 Å². The van der Waals surface area contributed by atoms with Crippen molar-refractivity contribution in [3.8, 4) is 11.4 Å². The quantitative estimate of drug-likeness (QED) is 0.537. The minimum absolute atomic E-state index is 0.0571. The molecule has 3 rings (SSSR count). The molecule has 0 aliphatic carbocycles. The summed E-state index contributed by atoms with van der Waals surface area (Å²) in [6.45, 7) is 0. The molecule has 3 aromatic rings. The molecule has 0 bridgehead atoms. The molecular formula is C12H7BrN4O2. The van der Waals surface area contributed by atoms with Crippen molar-refractivity contribution in [3.63, 3.8) is 0 Å². The summed E-state index contributed by atoms with van der Waals surface area (Å²) < 4.78 is 2.36. The number of hydrogen-bond donors (Lipinski definition) is 0. The fourth-order valence-electron chi connectivity index (χ4n) is 1.76. The lowest BCUT2D eigenvalue weighted by molar-refractivity contribution is -0.383. The Morgan fingerprint density at radius 2 is 1.95 bits per heavy atom. The molecule has 6 nitrogen and oxygen atoms in total. The second-order valence-corrected chi connectivity index (χ2v) is 4.78. The molecule has 19 heavy (non-hydrogen) atoms. The molecule has 0 aliphatic rings. The molecule has 0 aliphatic heterocycles. The number of aromatic nitrogens is 3. The lowest BCUT2D eigenvalue weighted by atomic mass is 10.2. The van der Waals surface area contributed by atoms with Crippen LogP contribution >= 0.6 is 15.9 Å². The number of nitro groups is 1. The van der Waals surface area contributed by atoms with Gasteiger partial charge in [0.25, 0.3) is 0 Å². The molecule has 0 spiro atoms. The Bertz CT molecular complexity index is 767. The summed E-state index contributed by atoms with van der Waals surface area (Å²) in [7, 11) is 0. The van der Waals surface area contributed by atoms with E-state index in [0.717, 1.165) is 10.0 Å². The number of nitrogens with zero attached hydrogens (tertiary/aromatic N) is 4. The predicted octanol–water partition coefficient (Wildman–Crippen LogP) is 3.07. The molecule has 0 atom stereocenters. The van der Waals surface area contributed by atoms with Gasteiger partial charge in [-0.15, -0.1) is 5.10 Å². The average molecular weight is 319 g/mol. The van der Waals surface area contributed by atoms with Crippen LogP contribution in [-0.2, 0) is 0 Å². The van der Waals surface area contributed by atoms with E-state index in [-0.39, 0.29) is 11.3 Å². The Labute approximate surface area is 116 Å². The maximum Gasteiger partial charge on any atom is 0.313 e. The Kier molecular flexibility index (Phi) is 2.75. The Morgan fingerprint density at radius 3 is 2.63 bits per heavy atom. The van der Waals surface area contributed by atoms with Gasteiger partial charge in [0.2, 0.25) is 5.65 Å². The van der Waals surface area contributed by atoms with E-state index in [4.69, 9.17) is 0 Å². The van der Waals surface area contributed by atoms with Crippen molar-refractivity contribution < 1.29 is 4.92 Å². The molecule has 0 fully saturated rings. The van der Waals surface area contributed by atoms with Crippen LogP contribution in [0.5, 0.6) is 0 Å². The van der Waals surface area contributed by atoms with Crippen LogP contribution in [0.15, 0.2) is 47.1 Å². The van der Waals surface area contributed by atoms with Crippen LogP contribution < -0.4 is 0 Å². The third kappa shape index (κ3) is 2.08. The largest absolute Gasteiger partial charge is 0.313 e. The molecule has 0 saturated heterocycles. The van der Waals surface area contributed by atoms with Crippen molar-refractivity contribution in [2.24, 2.45) is 0 Å². The van der Waals surface area contributed by atoms with Gasteiger partial charge in [0.1, 0.15) is 0 Å². The number of benzene rings is 1. The number of hydrogen-bond acceptors (Lipinski definition) is 4. The summed E-state index contributed by atoms with van der Waals surface area (Å²) in [5, 5.41) is 15.2. The topological polar surface area (TPSA) is 73.3 Å². The van der Waals surface area contributed by atoms with Crippen LogP contribution in [-0.4, -0.2) is 19.5 Å². The summed E-state index contributed by atoms with van der Waals surface area (Å²) in [6, 6.07) is 10.4. The van der Waals surface area contributed by atoms with E-state index in [9.17, 15) is 10.1 Å². The first-order valence-electron chi connectivity index (χ1n) is 5.41. The van der Waals surface area contributed by atoms with Crippen LogP contribution in [0.25, 0.3) is 17.0 Å². The average Bonchev–Trinajstić information content (AvgIpc) is 2.82. The normalized spacial score (nSPS) is 10.8. The maximum atomic E-state index is 10.9. The van der Waals surface area contributed by atoms with E-state index in [1.165, 1.54) is 10.6 Å². The number of rotatable bonds is 2. The van der Waals surface area contributed by atoms with E-state index in [0.29, 0.717) is 5.82 Å². The van der Waals surface area contributed by atoms with Gasteiger partial charge in [0, 0.05) is 22.3 Å². The van der Waals surface area contributed by atoms with Gasteiger partial charge in [-0.2, -0.15) is 0 Å². The van der Waals surface area contributed by atoms with Crippen molar-refractivity contribution in [1.82, 2.24) is 14.6 Å². The van der Waals surface area contributed by atoms with Gasteiger partial charge in [-0.1, -0.05) is 28.1 Å². The molecule has 0 radical (unpaired) electrons. The highest BCUT2D eigenvalue weighted by atomic mass is 79.9. The van der Waals surface area contributed by atoms with Crippen LogP contribution in [0.3, 0.4) is 0 Å². The highest BCUT2D eigenvalue weighted by Gasteiger charge is 2.16. The monoisotopic (exact) mass is 318 g/mol. The van der Waals surface area contributed by atoms with Crippen molar-refractivity contribution in [2.75, 3.05) is 0 Å². The van der Waals surface area contributed by atoms with Crippen molar-refractivity contribution in [2.45, 2.75) is 0 Å². The number of pyridine rings is 1. The third-order valence-corrected chi connectivity index (χ3v) is 3.17. The lowest BCUT2D eigenvalue weighted by Gasteiger charge is -1.93. The van der Waals surface area contributed by atoms with Crippen LogP contribution in [0, 0.1) is 10.1 Å². The van der Waals surface area contributed by atoms with Gasteiger partial charge in [0.15, 0.2) is 5.82 Å². The van der Waals surface area contributed by atoms with E-state index in [1.807, 2.05) is 24.3 Å². The molecule has 7 heteroatoms. The maximum absolute atomic E-state index is 10.9. The molecule has 2 heterocycles.